The third-order valence-electron chi connectivity index (χ3n) is 5.32. The molecular formula is C26H21N3O4S. The number of aryl methyl sites for hydroxylation is 1. The van der Waals surface area contributed by atoms with Crippen LogP contribution in [0.5, 0.6) is 11.5 Å². The van der Waals surface area contributed by atoms with Crippen molar-refractivity contribution in [2.24, 2.45) is 0 Å². The maximum atomic E-state index is 13.0. The SMILES string of the molecule is COc1cc(/C=c2\sc3nc4ccccc4n3c2=O)ccc1OCC(=O)Nc1ccc(C)cc1. The molecule has 0 aliphatic carbocycles. The number of fused-ring (bicyclic) bond motifs is 3. The van der Waals surface area contributed by atoms with Crippen LogP contribution in [0.3, 0.4) is 0 Å². The first-order valence-corrected chi connectivity index (χ1v) is 11.4. The molecular weight excluding hydrogens is 450 g/mol. The summed E-state index contributed by atoms with van der Waals surface area (Å²) >= 11 is 1.34. The molecule has 5 aromatic rings. The molecule has 170 valence electrons. The summed E-state index contributed by atoms with van der Waals surface area (Å²) in [6.07, 6.45) is 1.80. The Kier molecular flexibility index (Phi) is 5.73. The van der Waals surface area contributed by atoms with Gasteiger partial charge in [0.1, 0.15) is 0 Å². The van der Waals surface area contributed by atoms with Crippen LogP contribution in [0, 0.1) is 6.92 Å². The first kappa shape index (κ1) is 21.7. The molecule has 5 rings (SSSR count). The van der Waals surface area contributed by atoms with Gasteiger partial charge in [-0.05, 0) is 55.0 Å². The molecule has 1 N–H and O–H groups in total. The average Bonchev–Trinajstić information content (AvgIpc) is 3.35. The molecule has 3 aromatic carbocycles. The predicted molar refractivity (Wildman–Crippen MR) is 134 cm³/mol. The predicted octanol–water partition coefficient (Wildman–Crippen LogP) is 3.79. The molecule has 0 saturated carbocycles. The summed E-state index contributed by atoms with van der Waals surface area (Å²) in [7, 11) is 1.53. The highest BCUT2D eigenvalue weighted by Gasteiger charge is 2.12. The van der Waals surface area contributed by atoms with Crippen LogP contribution in [0.4, 0.5) is 5.69 Å². The van der Waals surface area contributed by atoms with Gasteiger partial charge in [0, 0.05) is 5.69 Å². The Morgan fingerprint density at radius 3 is 2.68 bits per heavy atom. The number of para-hydroxylation sites is 2. The van der Waals surface area contributed by atoms with E-state index in [-0.39, 0.29) is 18.1 Å². The van der Waals surface area contributed by atoms with E-state index < -0.39 is 0 Å². The Morgan fingerprint density at radius 1 is 1.09 bits per heavy atom. The summed E-state index contributed by atoms with van der Waals surface area (Å²) < 4.78 is 13.3. The largest absolute Gasteiger partial charge is 0.493 e. The van der Waals surface area contributed by atoms with Gasteiger partial charge in [-0.3, -0.25) is 9.59 Å². The van der Waals surface area contributed by atoms with E-state index in [0.29, 0.717) is 26.7 Å². The fourth-order valence-electron chi connectivity index (χ4n) is 3.63. The van der Waals surface area contributed by atoms with E-state index in [9.17, 15) is 9.59 Å². The zero-order valence-corrected chi connectivity index (χ0v) is 19.4. The van der Waals surface area contributed by atoms with Crippen molar-refractivity contribution in [3.63, 3.8) is 0 Å². The standard InChI is InChI=1S/C26H21N3O4S/c1-16-7-10-18(11-8-16)27-24(30)15-33-21-12-9-17(13-22(21)32-2)14-23-25(31)29-20-6-4-3-5-19(20)28-26(29)34-23/h3-14H,15H2,1-2H3,(H,27,30)/b23-14-. The molecule has 0 bridgehead atoms. The number of rotatable bonds is 6. The Bertz CT molecular complexity index is 1620. The van der Waals surface area contributed by atoms with Crippen molar-refractivity contribution in [1.29, 1.82) is 0 Å². The van der Waals surface area contributed by atoms with Gasteiger partial charge in [-0.25, -0.2) is 9.38 Å². The van der Waals surface area contributed by atoms with Crippen LogP contribution in [0.2, 0.25) is 0 Å². The molecule has 2 aromatic heterocycles. The van der Waals surface area contributed by atoms with Crippen LogP contribution in [0.25, 0.3) is 22.1 Å². The maximum Gasteiger partial charge on any atom is 0.274 e. The maximum absolute atomic E-state index is 13.0. The number of imidazole rings is 1. The molecule has 2 heterocycles. The van der Waals surface area contributed by atoms with Crippen molar-refractivity contribution in [1.82, 2.24) is 9.38 Å². The number of hydrogen-bond acceptors (Lipinski definition) is 6. The van der Waals surface area contributed by atoms with Crippen molar-refractivity contribution < 1.29 is 14.3 Å². The molecule has 1 amide bonds. The van der Waals surface area contributed by atoms with Crippen LogP contribution in [0.15, 0.2) is 71.5 Å². The molecule has 34 heavy (non-hydrogen) atoms. The minimum atomic E-state index is -0.272. The summed E-state index contributed by atoms with van der Waals surface area (Å²) in [5.41, 5.74) is 4.08. The third-order valence-corrected chi connectivity index (χ3v) is 6.29. The number of nitrogens with zero attached hydrogens (tertiary/aromatic N) is 2. The topological polar surface area (TPSA) is 81.9 Å². The summed E-state index contributed by atoms with van der Waals surface area (Å²) in [5.74, 6) is 0.635. The van der Waals surface area contributed by atoms with E-state index in [4.69, 9.17) is 9.47 Å². The quantitative estimate of drug-likeness (QED) is 0.408. The number of ether oxygens (including phenoxy) is 2. The Balaban J connectivity index is 1.36. The van der Waals surface area contributed by atoms with E-state index in [1.54, 1.807) is 22.6 Å². The first-order valence-electron chi connectivity index (χ1n) is 10.6. The van der Waals surface area contributed by atoms with E-state index in [1.807, 2.05) is 61.5 Å². The van der Waals surface area contributed by atoms with Crippen molar-refractivity contribution in [2.45, 2.75) is 6.92 Å². The van der Waals surface area contributed by atoms with Crippen molar-refractivity contribution in [3.8, 4) is 11.5 Å². The summed E-state index contributed by atoms with van der Waals surface area (Å²) in [5, 5.41) is 2.80. The highest BCUT2D eigenvalue weighted by molar-refractivity contribution is 7.15. The van der Waals surface area contributed by atoms with Gasteiger partial charge < -0.3 is 14.8 Å². The van der Waals surface area contributed by atoms with Gasteiger partial charge in [-0.15, -0.1) is 0 Å². The number of amides is 1. The number of nitrogens with one attached hydrogen (secondary N) is 1. The fourth-order valence-corrected chi connectivity index (χ4v) is 4.62. The lowest BCUT2D eigenvalue weighted by atomic mass is 10.2. The highest BCUT2D eigenvalue weighted by atomic mass is 32.1. The molecule has 0 aliphatic rings. The van der Waals surface area contributed by atoms with Crippen LogP contribution >= 0.6 is 11.3 Å². The molecule has 0 spiro atoms. The number of thiazole rings is 1. The molecule has 0 aliphatic heterocycles. The molecule has 0 saturated heterocycles. The number of anilines is 1. The molecule has 0 radical (unpaired) electrons. The highest BCUT2D eigenvalue weighted by Crippen LogP contribution is 2.28. The van der Waals surface area contributed by atoms with Crippen LogP contribution in [-0.4, -0.2) is 29.0 Å². The lowest BCUT2D eigenvalue weighted by Crippen LogP contribution is -2.22. The summed E-state index contributed by atoms with van der Waals surface area (Å²) in [4.78, 5) is 30.4. The Hall–Kier alpha value is -4.17. The monoisotopic (exact) mass is 471 g/mol. The zero-order valence-electron chi connectivity index (χ0n) is 18.6. The number of aromatic nitrogens is 2. The fraction of sp³-hybridized carbons (Fsp3) is 0.115. The van der Waals surface area contributed by atoms with Crippen LogP contribution in [0.1, 0.15) is 11.1 Å². The number of carbonyl (C=O) groups excluding carboxylic acids is 1. The second kappa shape index (κ2) is 8.99. The average molecular weight is 472 g/mol. The van der Waals surface area contributed by atoms with Gasteiger partial charge in [-0.1, -0.05) is 47.2 Å². The van der Waals surface area contributed by atoms with E-state index >= 15 is 0 Å². The van der Waals surface area contributed by atoms with Crippen LogP contribution < -0.4 is 24.9 Å². The molecule has 0 atom stereocenters. The van der Waals surface area contributed by atoms with Crippen molar-refractivity contribution in [2.75, 3.05) is 19.0 Å². The van der Waals surface area contributed by atoms with Gasteiger partial charge >= 0.3 is 0 Å². The van der Waals surface area contributed by atoms with Gasteiger partial charge in [0.05, 0.1) is 22.7 Å². The first-order chi connectivity index (χ1) is 16.5. The molecule has 0 fully saturated rings. The van der Waals surface area contributed by atoms with Crippen molar-refractivity contribution in [3.05, 3.63) is 92.7 Å². The molecule has 7 nitrogen and oxygen atoms in total. The lowest BCUT2D eigenvalue weighted by Gasteiger charge is -2.11. The van der Waals surface area contributed by atoms with Crippen molar-refractivity contribution >= 4 is 45.0 Å². The molecule has 0 unspecified atom stereocenters. The number of methoxy groups -OCH3 is 1. The zero-order chi connectivity index (χ0) is 23.7. The molecule has 8 heteroatoms. The number of carbonyl (C=O) groups is 1. The summed E-state index contributed by atoms with van der Waals surface area (Å²) in [6, 6.07) is 20.4. The smallest absolute Gasteiger partial charge is 0.274 e. The third kappa shape index (κ3) is 4.23. The Morgan fingerprint density at radius 2 is 1.88 bits per heavy atom. The van der Waals surface area contributed by atoms with Crippen LogP contribution in [-0.2, 0) is 4.79 Å². The number of benzene rings is 3. The minimum Gasteiger partial charge on any atom is -0.493 e. The number of hydrogen-bond donors (Lipinski definition) is 1. The van der Waals surface area contributed by atoms with Gasteiger partial charge in [0.2, 0.25) is 0 Å². The van der Waals surface area contributed by atoms with E-state index in [1.165, 1.54) is 18.4 Å². The van der Waals surface area contributed by atoms with Gasteiger partial charge in [0.15, 0.2) is 23.1 Å². The van der Waals surface area contributed by atoms with E-state index in [2.05, 4.69) is 10.3 Å². The van der Waals surface area contributed by atoms with Gasteiger partial charge in [0.25, 0.3) is 11.5 Å². The van der Waals surface area contributed by atoms with Gasteiger partial charge in [-0.2, -0.15) is 0 Å². The normalized spacial score (nSPS) is 11.8. The lowest BCUT2D eigenvalue weighted by molar-refractivity contribution is -0.118. The second-order valence-corrected chi connectivity index (χ2v) is 8.76. The Labute approximate surface area is 198 Å². The summed E-state index contributed by atoms with van der Waals surface area (Å²) in [6.45, 7) is 1.83. The minimum absolute atomic E-state index is 0.110. The second-order valence-electron chi connectivity index (χ2n) is 7.75. The van der Waals surface area contributed by atoms with E-state index in [0.717, 1.165) is 22.2 Å².